The van der Waals surface area contributed by atoms with Gasteiger partial charge in [-0.2, -0.15) is 5.26 Å². The van der Waals surface area contributed by atoms with E-state index in [2.05, 4.69) is 16.3 Å². The predicted octanol–water partition coefficient (Wildman–Crippen LogP) is 0.600. The van der Waals surface area contributed by atoms with Gasteiger partial charge in [0.15, 0.2) is 0 Å². The zero-order chi connectivity index (χ0) is 13.8. The predicted molar refractivity (Wildman–Crippen MR) is 73.6 cm³/mol. The Balaban J connectivity index is 2.27. The Labute approximate surface area is 113 Å². The third-order valence-electron chi connectivity index (χ3n) is 3.31. The minimum absolute atomic E-state index is 0.0218. The fourth-order valence-electron chi connectivity index (χ4n) is 2.41. The van der Waals surface area contributed by atoms with Gasteiger partial charge in [-0.05, 0) is 44.2 Å². The molecule has 1 saturated heterocycles. The van der Waals surface area contributed by atoms with E-state index in [1.165, 1.54) is 0 Å². The number of nitriles is 1. The van der Waals surface area contributed by atoms with Gasteiger partial charge in [-0.3, -0.25) is 4.79 Å². The fourth-order valence-corrected chi connectivity index (χ4v) is 2.41. The highest BCUT2D eigenvalue weighted by Gasteiger charge is 2.32. The monoisotopic (exact) mass is 258 g/mol. The first-order valence-electron chi connectivity index (χ1n) is 6.43. The van der Waals surface area contributed by atoms with Crippen molar-refractivity contribution in [3.05, 3.63) is 29.8 Å². The van der Waals surface area contributed by atoms with Crippen LogP contribution in [0.1, 0.15) is 18.9 Å². The van der Waals surface area contributed by atoms with Gasteiger partial charge in [-0.1, -0.05) is 0 Å². The highest BCUT2D eigenvalue weighted by Crippen LogP contribution is 2.22. The molecule has 1 aliphatic rings. The van der Waals surface area contributed by atoms with Gasteiger partial charge >= 0.3 is 0 Å². The molecule has 19 heavy (non-hydrogen) atoms. The fraction of sp³-hybridized carbons (Fsp3) is 0.429. The van der Waals surface area contributed by atoms with Gasteiger partial charge in [0.2, 0.25) is 5.91 Å². The minimum Gasteiger partial charge on any atom is -0.357 e. The molecule has 3 N–H and O–H groups in total. The lowest BCUT2D eigenvalue weighted by atomic mass is 10.0. The maximum atomic E-state index is 12.0. The lowest BCUT2D eigenvalue weighted by Gasteiger charge is -2.39. The van der Waals surface area contributed by atoms with Crippen LogP contribution in [-0.4, -0.2) is 31.1 Å². The van der Waals surface area contributed by atoms with E-state index < -0.39 is 0 Å². The number of piperazine rings is 1. The highest BCUT2D eigenvalue weighted by molar-refractivity contribution is 5.87. The van der Waals surface area contributed by atoms with Gasteiger partial charge in [0.05, 0.1) is 11.6 Å². The molecule has 5 heteroatoms. The molecule has 2 unspecified atom stereocenters. The molecule has 2 rings (SSSR count). The lowest BCUT2D eigenvalue weighted by Crippen LogP contribution is -2.59. The summed E-state index contributed by atoms with van der Waals surface area (Å²) in [7, 11) is 0. The van der Waals surface area contributed by atoms with Crippen LogP contribution in [-0.2, 0) is 4.79 Å². The van der Waals surface area contributed by atoms with E-state index in [0.29, 0.717) is 18.5 Å². The van der Waals surface area contributed by atoms with Crippen molar-refractivity contribution in [2.75, 3.05) is 18.0 Å². The summed E-state index contributed by atoms with van der Waals surface area (Å²) in [6, 6.07) is 9.28. The Bertz CT molecular complexity index is 491. The minimum atomic E-state index is -0.228. The average Bonchev–Trinajstić information content (AvgIpc) is 2.42. The molecule has 0 aromatic heterocycles. The quantitative estimate of drug-likeness (QED) is 0.831. The van der Waals surface area contributed by atoms with Crippen molar-refractivity contribution in [3.8, 4) is 6.07 Å². The summed E-state index contributed by atoms with van der Waals surface area (Å²) < 4.78 is 0. The maximum absolute atomic E-state index is 12.0. The van der Waals surface area contributed by atoms with Crippen LogP contribution in [0.5, 0.6) is 0 Å². The second-order valence-electron chi connectivity index (χ2n) is 4.81. The number of carbonyl (C=O) groups excluding carboxylic acids is 1. The number of amides is 1. The van der Waals surface area contributed by atoms with Crippen LogP contribution in [0, 0.1) is 11.3 Å². The number of nitrogens with two attached hydrogens (primary N) is 1. The molecule has 5 nitrogen and oxygen atoms in total. The van der Waals surface area contributed by atoms with Crippen LogP contribution in [0.2, 0.25) is 0 Å². The van der Waals surface area contributed by atoms with E-state index in [1.807, 2.05) is 19.1 Å². The number of anilines is 1. The van der Waals surface area contributed by atoms with E-state index in [9.17, 15) is 4.79 Å². The zero-order valence-corrected chi connectivity index (χ0v) is 11.0. The van der Waals surface area contributed by atoms with Gasteiger partial charge < -0.3 is 16.0 Å². The Morgan fingerprint density at radius 3 is 2.74 bits per heavy atom. The Hall–Kier alpha value is -2.06. The third kappa shape index (κ3) is 2.85. The van der Waals surface area contributed by atoms with E-state index >= 15 is 0 Å². The second-order valence-corrected chi connectivity index (χ2v) is 4.81. The normalized spacial score (nSPS) is 22.8. The molecule has 100 valence electrons. The maximum Gasteiger partial charge on any atom is 0.243 e. The van der Waals surface area contributed by atoms with Crippen LogP contribution in [0.25, 0.3) is 0 Å². The van der Waals surface area contributed by atoms with Crippen LogP contribution in [0.15, 0.2) is 24.3 Å². The summed E-state index contributed by atoms with van der Waals surface area (Å²) in [5, 5.41) is 11.8. The molecular weight excluding hydrogens is 240 g/mol. The van der Waals surface area contributed by atoms with E-state index in [0.717, 1.165) is 12.2 Å². The van der Waals surface area contributed by atoms with Crippen molar-refractivity contribution >= 4 is 11.6 Å². The van der Waals surface area contributed by atoms with Crippen molar-refractivity contribution in [1.29, 1.82) is 5.26 Å². The lowest BCUT2D eigenvalue weighted by molar-refractivity contribution is -0.124. The van der Waals surface area contributed by atoms with Crippen LogP contribution in [0.3, 0.4) is 0 Å². The summed E-state index contributed by atoms with van der Waals surface area (Å²) in [6.45, 7) is 3.20. The van der Waals surface area contributed by atoms with Crippen molar-refractivity contribution in [2.45, 2.75) is 25.4 Å². The van der Waals surface area contributed by atoms with Gasteiger partial charge in [0.25, 0.3) is 0 Å². The van der Waals surface area contributed by atoms with Crippen molar-refractivity contribution in [2.24, 2.45) is 5.73 Å². The molecule has 1 amide bonds. The number of hydrogen-bond donors (Lipinski definition) is 2. The summed E-state index contributed by atoms with van der Waals surface area (Å²) in [5.41, 5.74) is 7.17. The van der Waals surface area contributed by atoms with Crippen molar-refractivity contribution < 1.29 is 4.79 Å². The first-order chi connectivity index (χ1) is 9.15. The summed E-state index contributed by atoms with van der Waals surface area (Å²) in [6.07, 6.45) is 0.624. The Morgan fingerprint density at radius 1 is 1.47 bits per heavy atom. The SMILES string of the molecule is CC1CN(c2ccc(C#N)cc2)C(CCN)C(=O)N1. The molecule has 0 bridgehead atoms. The number of nitrogens with one attached hydrogen (secondary N) is 1. The zero-order valence-electron chi connectivity index (χ0n) is 11.0. The van der Waals surface area contributed by atoms with Crippen LogP contribution < -0.4 is 16.0 Å². The van der Waals surface area contributed by atoms with Gasteiger partial charge in [-0.25, -0.2) is 0 Å². The molecule has 0 radical (unpaired) electrons. The average molecular weight is 258 g/mol. The smallest absolute Gasteiger partial charge is 0.243 e. The molecule has 1 aromatic rings. The van der Waals surface area contributed by atoms with Crippen LogP contribution >= 0.6 is 0 Å². The molecule has 0 saturated carbocycles. The third-order valence-corrected chi connectivity index (χ3v) is 3.31. The molecule has 1 aromatic carbocycles. The first kappa shape index (κ1) is 13.4. The van der Waals surface area contributed by atoms with Crippen LogP contribution in [0.4, 0.5) is 5.69 Å². The Morgan fingerprint density at radius 2 is 2.16 bits per heavy atom. The molecule has 0 spiro atoms. The Kier molecular flexibility index (Phi) is 4.03. The number of carbonyl (C=O) groups is 1. The number of benzene rings is 1. The van der Waals surface area contributed by atoms with Crippen molar-refractivity contribution in [1.82, 2.24) is 5.32 Å². The molecular formula is C14H18N4O. The van der Waals surface area contributed by atoms with Gasteiger partial charge in [0.1, 0.15) is 6.04 Å². The van der Waals surface area contributed by atoms with E-state index in [4.69, 9.17) is 11.0 Å². The molecule has 1 fully saturated rings. The largest absolute Gasteiger partial charge is 0.357 e. The van der Waals surface area contributed by atoms with Crippen molar-refractivity contribution in [3.63, 3.8) is 0 Å². The van der Waals surface area contributed by atoms with Gasteiger partial charge in [0, 0.05) is 18.3 Å². The molecule has 1 aliphatic heterocycles. The molecule has 1 heterocycles. The topological polar surface area (TPSA) is 82.2 Å². The number of hydrogen-bond acceptors (Lipinski definition) is 4. The van der Waals surface area contributed by atoms with E-state index in [-0.39, 0.29) is 18.0 Å². The second kappa shape index (κ2) is 5.72. The van der Waals surface area contributed by atoms with Gasteiger partial charge in [-0.15, -0.1) is 0 Å². The highest BCUT2D eigenvalue weighted by atomic mass is 16.2. The number of rotatable bonds is 3. The summed E-state index contributed by atoms with van der Waals surface area (Å²) in [4.78, 5) is 14.1. The number of nitrogens with zero attached hydrogens (tertiary/aromatic N) is 2. The molecule has 0 aliphatic carbocycles. The summed E-state index contributed by atoms with van der Waals surface area (Å²) >= 11 is 0. The van der Waals surface area contributed by atoms with E-state index in [1.54, 1.807) is 12.1 Å². The first-order valence-corrected chi connectivity index (χ1v) is 6.43. The molecule has 2 atom stereocenters. The summed E-state index contributed by atoms with van der Waals surface area (Å²) in [5.74, 6) is 0.0218. The standard InChI is InChI=1S/C14H18N4O/c1-10-9-18(13(6-7-15)14(19)17-10)12-4-2-11(8-16)3-5-12/h2-5,10,13H,6-7,9,15H2,1H3,(H,17,19).